The Labute approximate surface area is 112 Å². The Morgan fingerprint density at radius 2 is 2.37 bits per heavy atom. The second-order valence-electron chi connectivity index (χ2n) is 4.83. The van der Waals surface area contributed by atoms with Gasteiger partial charge >= 0.3 is 0 Å². The number of rotatable bonds is 4. The smallest absolute Gasteiger partial charge is 0.188 e. The predicted molar refractivity (Wildman–Crippen MR) is 73.4 cm³/mol. The lowest BCUT2D eigenvalue weighted by Gasteiger charge is -2.33. The van der Waals surface area contributed by atoms with Crippen LogP contribution in [0.4, 0.5) is 5.82 Å². The quantitative estimate of drug-likeness (QED) is 0.323. The summed E-state index contributed by atoms with van der Waals surface area (Å²) in [5.74, 6) is 1.37. The molecule has 2 heterocycles. The number of amidine groups is 1. The van der Waals surface area contributed by atoms with Gasteiger partial charge in [0.15, 0.2) is 5.84 Å². The molecule has 1 aliphatic heterocycles. The minimum Gasteiger partial charge on any atom is -0.409 e. The van der Waals surface area contributed by atoms with Gasteiger partial charge in [-0.05, 0) is 37.3 Å². The van der Waals surface area contributed by atoms with Crippen molar-refractivity contribution in [2.24, 2.45) is 16.8 Å². The van der Waals surface area contributed by atoms with Crippen LogP contribution in [-0.2, 0) is 0 Å². The summed E-state index contributed by atoms with van der Waals surface area (Å²) in [4.78, 5) is 6.60. The fourth-order valence-electron chi connectivity index (χ4n) is 2.48. The first kappa shape index (κ1) is 13.6. The second kappa shape index (κ2) is 6.38. The summed E-state index contributed by atoms with van der Waals surface area (Å²) in [6.07, 6.45) is 3.08. The van der Waals surface area contributed by atoms with Crippen LogP contribution < -0.4 is 10.6 Å². The number of aromatic nitrogens is 1. The molecule has 1 aromatic rings. The lowest BCUT2D eigenvalue weighted by atomic mass is 9.95. The van der Waals surface area contributed by atoms with Crippen LogP contribution >= 0.6 is 0 Å². The van der Waals surface area contributed by atoms with Crippen LogP contribution in [0.25, 0.3) is 0 Å². The molecular weight excluding hydrogens is 244 g/mol. The van der Waals surface area contributed by atoms with Gasteiger partial charge in [-0.2, -0.15) is 0 Å². The summed E-state index contributed by atoms with van der Waals surface area (Å²) >= 11 is 0. The van der Waals surface area contributed by atoms with Crippen LogP contribution in [0.5, 0.6) is 0 Å². The van der Waals surface area contributed by atoms with Crippen molar-refractivity contribution >= 4 is 11.7 Å². The van der Waals surface area contributed by atoms with Crippen LogP contribution in [0.2, 0.25) is 0 Å². The number of oxime groups is 1. The summed E-state index contributed by atoms with van der Waals surface area (Å²) in [7, 11) is 0. The number of pyridine rings is 1. The van der Waals surface area contributed by atoms with Crippen LogP contribution in [0.15, 0.2) is 23.4 Å². The first-order chi connectivity index (χ1) is 9.24. The molecule has 19 heavy (non-hydrogen) atoms. The molecule has 0 aromatic carbocycles. The lowest BCUT2D eigenvalue weighted by molar-refractivity contribution is 0.244. The highest BCUT2D eigenvalue weighted by atomic mass is 16.4. The highest BCUT2D eigenvalue weighted by Crippen LogP contribution is 2.23. The predicted octanol–water partition coefficient (Wildman–Crippen LogP) is 0.775. The molecule has 6 nitrogen and oxygen atoms in total. The minimum atomic E-state index is 0.0192. The molecule has 0 saturated carbocycles. The fraction of sp³-hybridized carbons (Fsp3) is 0.538. The Kier molecular flexibility index (Phi) is 4.57. The van der Waals surface area contributed by atoms with Crippen molar-refractivity contribution in [1.29, 1.82) is 0 Å². The van der Waals surface area contributed by atoms with Gasteiger partial charge in [-0.1, -0.05) is 11.2 Å². The van der Waals surface area contributed by atoms with E-state index in [0.29, 0.717) is 11.6 Å². The molecule has 0 aliphatic carbocycles. The van der Waals surface area contributed by atoms with Crippen molar-refractivity contribution in [1.82, 2.24) is 4.98 Å². The van der Waals surface area contributed by atoms with Crippen molar-refractivity contribution in [2.45, 2.75) is 19.3 Å². The van der Waals surface area contributed by atoms with Crippen LogP contribution in [0, 0.1) is 5.92 Å². The number of piperidine rings is 1. The molecule has 1 aromatic heterocycles. The van der Waals surface area contributed by atoms with Crippen molar-refractivity contribution in [3.63, 3.8) is 0 Å². The second-order valence-corrected chi connectivity index (χ2v) is 4.83. The van der Waals surface area contributed by atoms with E-state index in [0.717, 1.165) is 38.2 Å². The third-order valence-corrected chi connectivity index (χ3v) is 3.48. The third-order valence-electron chi connectivity index (χ3n) is 3.48. The number of hydrogen-bond donors (Lipinski definition) is 3. The Hall–Kier alpha value is -1.82. The van der Waals surface area contributed by atoms with Gasteiger partial charge in [-0.15, -0.1) is 0 Å². The molecule has 2 rings (SSSR count). The highest BCUT2D eigenvalue weighted by Gasteiger charge is 2.20. The first-order valence-electron chi connectivity index (χ1n) is 6.55. The van der Waals surface area contributed by atoms with Gasteiger partial charge in [0.2, 0.25) is 0 Å². The first-order valence-corrected chi connectivity index (χ1v) is 6.55. The summed E-state index contributed by atoms with van der Waals surface area (Å²) in [6, 6.07) is 5.49. The van der Waals surface area contributed by atoms with E-state index in [9.17, 15) is 0 Å². The third kappa shape index (κ3) is 3.35. The number of anilines is 1. The number of nitrogens with two attached hydrogens (primary N) is 1. The Morgan fingerprint density at radius 1 is 1.53 bits per heavy atom. The molecule has 1 fully saturated rings. The van der Waals surface area contributed by atoms with E-state index in [1.54, 1.807) is 6.07 Å². The molecule has 1 atom stereocenters. The van der Waals surface area contributed by atoms with Gasteiger partial charge in [0.1, 0.15) is 11.5 Å². The van der Waals surface area contributed by atoms with E-state index >= 15 is 0 Å². The van der Waals surface area contributed by atoms with Crippen molar-refractivity contribution < 1.29 is 10.3 Å². The Bertz CT molecular complexity index is 448. The van der Waals surface area contributed by atoms with E-state index in [2.05, 4.69) is 15.0 Å². The number of aliphatic hydroxyl groups is 1. The summed E-state index contributed by atoms with van der Waals surface area (Å²) in [5, 5.41) is 20.7. The van der Waals surface area contributed by atoms with Gasteiger partial charge in [0.25, 0.3) is 0 Å². The number of hydrogen-bond acceptors (Lipinski definition) is 5. The van der Waals surface area contributed by atoms with Crippen LogP contribution in [-0.4, -0.2) is 40.8 Å². The molecule has 0 spiro atoms. The number of nitrogens with zero attached hydrogens (tertiary/aromatic N) is 3. The largest absolute Gasteiger partial charge is 0.409 e. The maximum absolute atomic E-state index is 9.03. The van der Waals surface area contributed by atoms with Gasteiger partial charge in [0, 0.05) is 19.7 Å². The van der Waals surface area contributed by atoms with Gasteiger partial charge in [0.05, 0.1) is 0 Å². The molecule has 1 unspecified atom stereocenters. The zero-order valence-corrected chi connectivity index (χ0v) is 10.9. The standard InChI is InChI=1S/C13H20N4O2/c14-13(16-19)11-4-1-5-12(15-11)17-7-2-3-10(9-17)6-8-18/h1,4-5,10,18-19H,2-3,6-9H2,(H2,14,16). The Balaban J connectivity index is 2.12. The molecular formula is C13H20N4O2. The van der Waals surface area contributed by atoms with E-state index in [-0.39, 0.29) is 12.4 Å². The number of aliphatic hydroxyl groups excluding tert-OH is 1. The monoisotopic (exact) mass is 264 g/mol. The highest BCUT2D eigenvalue weighted by molar-refractivity contribution is 5.95. The zero-order valence-electron chi connectivity index (χ0n) is 10.9. The molecule has 0 bridgehead atoms. The lowest BCUT2D eigenvalue weighted by Crippen LogP contribution is -2.36. The van der Waals surface area contributed by atoms with E-state index in [1.165, 1.54) is 0 Å². The summed E-state index contributed by atoms with van der Waals surface area (Å²) in [5.41, 5.74) is 6.03. The molecule has 1 aliphatic rings. The molecule has 0 amide bonds. The topological polar surface area (TPSA) is 95.0 Å². The van der Waals surface area contributed by atoms with Gasteiger partial charge < -0.3 is 20.9 Å². The van der Waals surface area contributed by atoms with Gasteiger partial charge in [-0.3, -0.25) is 0 Å². The normalized spacial score (nSPS) is 20.6. The summed E-state index contributed by atoms with van der Waals surface area (Å²) in [6.45, 7) is 2.08. The van der Waals surface area contributed by atoms with Crippen molar-refractivity contribution in [3.05, 3.63) is 23.9 Å². The van der Waals surface area contributed by atoms with Gasteiger partial charge in [-0.25, -0.2) is 4.98 Å². The van der Waals surface area contributed by atoms with Crippen LogP contribution in [0.3, 0.4) is 0 Å². The van der Waals surface area contributed by atoms with Crippen LogP contribution in [0.1, 0.15) is 25.0 Å². The average molecular weight is 264 g/mol. The van der Waals surface area contributed by atoms with Crippen molar-refractivity contribution in [2.75, 3.05) is 24.6 Å². The van der Waals surface area contributed by atoms with Crippen molar-refractivity contribution in [3.8, 4) is 0 Å². The zero-order chi connectivity index (χ0) is 13.7. The Morgan fingerprint density at radius 3 is 3.11 bits per heavy atom. The SMILES string of the molecule is N/C(=N/O)c1cccc(N2CCCC(CCO)C2)n1. The fourth-order valence-corrected chi connectivity index (χ4v) is 2.48. The van der Waals surface area contributed by atoms with E-state index < -0.39 is 0 Å². The minimum absolute atomic E-state index is 0.0192. The summed E-state index contributed by atoms with van der Waals surface area (Å²) < 4.78 is 0. The maximum Gasteiger partial charge on any atom is 0.188 e. The average Bonchev–Trinajstić information content (AvgIpc) is 2.47. The van der Waals surface area contributed by atoms with E-state index in [1.807, 2.05) is 12.1 Å². The molecule has 104 valence electrons. The molecule has 4 N–H and O–H groups in total. The molecule has 1 saturated heterocycles. The maximum atomic E-state index is 9.03. The van der Waals surface area contributed by atoms with E-state index in [4.69, 9.17) is 16.0 Å². The molecule has 6 heteroatoms. The molecule has 0 radical (unpaired) electrons.